The second-order valence-electron chi connectivity index (χ2n) is 4.83. The minimum Gasteiger partial charge on any atom is -0.508 e. The molecule has 2 N–H and O–H groups in total. The molecule has 0 aliphatic rings. The van der Waals surface area contributed by atoms with Gasteiger partial charge in [-0.2, -0.15) is 0 Å². The third kappa shape index (κ3) is 2.69. The number of hydrogen-bond acceptors (Lipinski definition) is 3. The van der Waals surface area contributed by atoms with Crippen LogP contribution in [0.25, 0.3) is 10.9 Å². The summed E-state index contributed by atoms with van der Waals surface area (Å²) in [5.41, 5.74) is 2.82. The number of hydrogen-bond donors (Lipinski definition) is 2. The van der Waals surface area contributed by atoms with Gasteiger partial charge in [-0.1, -0.05) is 18.2 Å². The van der Waals surface area contributed by atoms with Crippen LogP contribution >= 0.6 is 0 Å². The molecule has 0 atom stereocenters. The number of aryl methyl sites for hydroxylation is 1. The van der Waals surface area contributed by atoms with E-state index < -0.39 is 0 Å². The summed E-state index contributed by atoms with van der Waals surface area (Å²) >= 11 is 0. The second kappa shape index (κ2) is 5.25. The molecule has 0 saturated carbocycles. The van der Waals surface area contributed by atoms with Crippen LogP contribution < -0.4 is 5.32 Å². The zero-order valence-corrected chi connectivity index (χ0v) is 11.5. The highest BCUT2D eigenvalue weighted by Crippen LogP contribution is 2.22. The van der Waals surface area contributed by atoms with E-state index >= 15 is 0 Å². The summed E-state index contributed by atoms with van der Waals surface area (Å²) in [6.07, 6.45) is 0. The van der Waals surface area contributed by atoms with Crippen molar-refractivity contribution in [2.75, 3.05) is 5.32 Å². The normalized spacial score (nSPS) is 10.5. The van der Waals surface area contributed by atoms with Crippen molar-refractivity contribution in [1.82, 2.24) is 4.98 Å². The van der Waals surface area contributed by atoms with Crippen LogP contribution in [-0.2, 0) is 0 Å². The van der Waals surface area contributed by atoms with Crippen molar-refractivity contribution in [2.45, 2.75) is 6.92 Å². The molecule has 0 saturated heterocycles. The van der Waals surface area contributed by atoms with Gasteiger partial charge in [0.15, 0.2) is 0 Å². The minimum atomic E-state index is -0.231. The highest BCUT2D eigenvalue weighted by atomic mass is 16.3. The molecule has 0 spiro atoms. The Morgan fingerprint density at radius 3 is 2.57 bits per heavy atom. The van der Waals surface area contributed by atoms with Gasteiger partial charge in [-0.25, -0.2) is 0 Å². The zero-order valence-electron chi connectivity index (χ0n) is 11.5. The molecule has 3 rings (SSSR count). The molecule has 0 fully saturated rings. The number of carbonyl (C=O) groups excluding carboxylic acids is 1. The molecular weight excluding hydrogens is 264 g/mol. The van der Waals surface area contributed by atoms with Gasteiger partial charge in [0.05, 0.1) is 11.2 Å². The van der Waals surface area contributed by atoms with Crippen LogP contribution in [-0.4, -0.2) is 16.0 Å². The van der Waals surface area contributed by atoms with Gasteiger partial charge in [0.1, 0.15) is 5.75 Å². The predicted molar refractivity (Wildman–Crippen MR) is 82.5 cm³/mol. The quantitative estimate of drug-likeness (QED) is 0.754. The smallest absolute Gasteiger partial charge is 0.255 e. The van der Waals surface area contributed by atoms with E-state index in [-0.39, 0.29) is 11.7 Å². The maximum absolute atomic E-state index is 12.2. The minimum absolute atomic E-state index is 0.133. The Morgan fingerprint density at radius 2 is 1.81 bits per heavy atom. The molecule has 0 aliphatic carbocycles. The number of amides is 1. The zero-order chi connectivity index (χ0) is 14.8. The molecule has 3 aromatic rings. The lowest BCUT2D eigenvalue weighted by Crippen LogP contribution is -2.12. The van der Waals surface area contributed by atoms with E-state index in [1.807, 2.05) is 37.3 Å². The van der Waals surface area contributed by atoms with Gasteiger partial charge in [0.25, 0.3) is 5.91 Å². The monoisotopic (exact) mass is 278 g/mol. The highest BCUT2D eigenvalue weighted by molar-refractivity contribution is 6.08. The fourth-order valence-electron chi connectivity index (χ4n) is 2.15. The molecule has 0 bridgehead atoms. The van der Waals surface area contributed by atoms with Gasteiger partial charge in [-0.15, -0.1) is 0 Å². The summed E-state index contributed by atoms with van der Waals surface area (Å²) in [4.78, 5) is 16.7. The van der Waals surface area contributed by atoms with Crippen LogP contribution in [0.3, 0.4) is 0 Å². The van der Waals surface area contributed by atoms with Crippen molar-refractivity contribution in [3.63, 3.8) is 0 Å². The van der Waals surface area contributed by atoms with E-state index in [2.05, 4.69) is 10.3 Å². The van der Waals surface area contributed by atoms with Gasteiger partial charge >= 0.3 is 0 Å². The number of phenolic OH excluding ortho intramolecular Hbond substituents is 1. The first-order valence-electron chi connectivity index (χ1n) is 6.60. The van der Waals surface area contributed by atoms with Crippen LogP contribution in [0.5, 0.6) is 5.75 Å². The Morgan fingerprint density at radius 1 is 1.05 bits per heavy atom. The maximum Gasteiger partial charge on any atom is 0.255 e. The SMILES string of the molecule is Cc1ccc2cccc(NC(=O)c3ccc(O)cc3)c2n1. The number of nitrogens with one attached hydrogen (secondary N) is 1. The van der Waals surface area contributed by atoms with Gasteiger partial charge in [-0.3, -0.25) is 9.78 Å². The molecule has 4 heteroatoms. The number of aromatic nitrogens is 1. The molecule has 1 heterocycles. The number of para-hydroxylation sites is 1. The summed E-state index contributed by atoms with van der Waals surface area (Å²) in [6.45, 7) is 1.91. The number of phenols is 1. The largest absolute Gasteiger partial charge is 0.508 e. The van der Waals surface area contributed by atoms with Crippen molar-refractivity contribution in [2.24, 2.45) is 0 Å². The highest BCUT2D eigenvalue weighted by Gasteiger charge is 2.09. The average molecular weight is 278 g/mol. The van der Waals surface area contributed by atoms with Crippen molar-refractivity contribution in [1.29, 1.82) is 0 Å². The van der Waals surface area contributed by atoms with E-state index in [4.69, 9.17) is 0 Å². The predicted octanol–water partition coefficient (Wildman–Crippen LogP) is 3.50. The summed E-state index contributed by atoms with van der Waals surface area (Å²) in [5, 5.41) is 13.1. The van der Waals surface area contributed by atoms with E-state index in [0.29, 0.717) is 11.3 Å². The summed E-state index contributed by atoms with van der Waals surface area (Å²) in [5.74, 6) is -0.0974. The summed E-state index contributed by atoms with van der Waals surface area (Å²) < 4.78 is 0. The van der Waals surface area contributed by atoms with E-state index in [1.165, 1.54) is 12.1 Å². The molecule has 1 aromatic heterocycles. The number of carbonyl (C=O) groups is 1. The fraction of sp³-hybridized carbons (Fsp3) is 0.0588. The molecule has 2 aromatic carbocycles. The third-order valence-corrected chi connectivity index (χ3v) is 3.24. The number of nitrogens with zero attached hydrogens (tertiary/aromatic N) is 1. The van der Waals surface area contributed by atoms with Gasteiger partial charge in [-0.05, 0) is 43.3 Å². The number of anilines is 1. The Hall–Kier alpha value is -2.88. The average Bonchev–Trinajstić information content (AvgIpc) is 2.48. The number of fused-ring (bicyclic) bond motifs is 1. The van der Waals surface area contributed by atoms with Crippen LogP contribution in [0, 0.1) is 6.92 Å². The fourth-order valence-corrected chi connectivity index (χ4v) is 2.15. The lowest BCUT2D eigenvalue weighted by Gasteiger charge is -2.09. The first kappa shape index (κ1) is 13.1. The summed E-state index contributed by atoms with van der Waals surface area (Å²) in [7, 11) is 0. The van der Waals surface area contributed by atoms with Crippen LogP contribution in [0.15, 0.2) is 54.6 Å². The van der Waals surface area contributed by atoms with Crippen molar-refractivity contribution in [3.05, 3.63) is 65.9 Å². The Balaban J connectivity index is 1.96. The van der Waals surface area contributed by atoms with Crippen LogP contribution in [0.2, 0.25) is 0 Å². The van der Waals surface area contributed by atoms with E-state index in [0.717, 1.165) is 16.6 Å². The van der Waals surface area contributed by atoms with Gasteiger partial charge < -0.3 is 10.4 Å². The number of aromatic hydroxyl groups is 1. The molecule has 4 nitrogen and oxygen atoms in total. The molecule has 21 heavy (non-hydrogen) atoms. The van der Waals surface area contributed by atoms with Gasteiger partial charge in [0, 0.05) is 16.6 Å². The standard InChI is InChI=1S/C17H14N2O2/c1-11-5-6-12-3-2-4-15(16(12)18-11)19-17(21)13-7-9-14(20)10-8-13/h2-10,20H,1H3,(H,19,21). The van der Waals surface area contributed by atoms with Crippen molar-refractivity contribution >= 4 is 22.5 Å². The second-order valence-corrected chi connectivity index (χ2v) is 4.83. The number of rotatable bonds is 2. The third-order valence-electron chi connectivity index (χ3n) is 3.24. The Bertz CT molecular complexity index is 811. The molecular formula is C17H14N2O2. The lowest BCUT2D eigenvalue weighted by molar-refractivity contribution is 0.102. The maximum atomic E-state index is 12.2. The van der Waals surface area contributed by atoms with E-state index in [9.17, 15) is 9.90 Å². The van der Waals surface area contributed by atoms with E-state index in [1.54, 1.807) is 12.1 Å². The lowest BCUT2D eigenvalue weighted by atomic mass is 10.1. The van der Waals surface area contributed by atoms with Crippen molar-refractivity contribution in [3.8, 4) is 5.75 Å². The Kier molecular flexibility index (Phi) is 3.28. The van der Waals surface area contributed by atoms with Crippen LogP contribution in [0.4, 0.5) is 5.69 Å². The molecule has 104 valence electrons. The van der Waals surface area contributed by atoms with Crippen molar-refractivity contribution < 1.29 is 9.90 Å². The first-order chi connectivity index (χ1) is 10.1. The van der Waals surface area contributed by atoms with Gasteiger partial charge in [0.2, 0.25) is 0 Å². The summed E-state index contributed by atoms with van der Waals surface area (Å²) in [6, 6.07) is 15.7. The Labute approximate surface area is 122 Å². The number of pyridine rings is 1. The molecule has 0 aliphatic heterocycles. The topological polar surface area (TPSA) is 62.2 Å². The molecule has 1 amide bonds. The number of benzene rings is 2. The first-order valence-corrected chi connectivity index (χ1v) is 6.60. The molecule has 0 radical (unpaired) electrons. The van der Waals surface area contributed by atoms with Crippen LogP contribution in [0.1, 0.15) is 16.1 Å². The molecule has 0 unspecified atom stereocenters.